The molecule has 4 nitrogen and oxygen atoms in total. The van der Waals surface area contributed by atoms with Crippen LogP contribution in [0.25, 0.3) is 10.9 Å². The van der Waals surface area contributed by atoms with Gasteiger partial charge in [0.1, 0.15) is 24.0 Å². The van der Waals surface area contributed by atoms with E-state index in [0.717, 1.165) is 16.7 Å². The van der Waals surface area contributed by atoms with Gasteiger partial charge in [-0.2, -0.15) is 0 Å². The monoisotopic (exact) mass is 313 g/mol. The smallest absolute Gasteiger partial charge is 0.138 e. The van der Waals surface area contributed by atoms with Gasteiger partial charge in [-0.05, 0) is 31.2 Å². The lowest BCUT2D eigenvalue weighted by molar-refractivity contribution is 0.235. The van der Waals surface area contributed by atoms with Gasteiger partial charge >= 0.3 is 0 Å². The van der Waals surface area contributed by atoms with E-state index in [4.69, 9.17) is 16.3 Å². The van der Waals surface area contributed by atoms with Gasteiger partial charge in [0.2, 0.25) is 0 Å². The minimum atomic E-state index is -0.0476. The van der Waals surface area contributed by atoms with Crippen LogP contribution in [0.5, 0.6) is 5.75 Å². The second kappa shape index (κ2) is 6.62. The van der Waals surface area contributed by atoms with Crippen molar-refractivity contribution in [2.24, 2.45) is 0 Å². The van der Waals surface area contributed by atoms with Crippen LogP contribution in [0.2, 0.25) is 5.02 Å². The second-order valence-corrected chi connectivity index (χ2v) is 5.39. The minimum absolute atomic E-state index is 0.0476. The van der Waals surface area contributed by atoms with E-state index >= 15 is 0 Å². The van der Waals surface area contributed by atoms with Crippen LogP contribution in [-0.4, -0.2) is 22.6 Å². The first-order chi connectivity index (χ1) is 10.7. The summed E-state index contributed by atoms with van der Waals surface area (Å²) >= 11 is 6.10. The van der Waals surface area contributed by atoms with Crippen molar-refractivity contribution in [1.82, 2.24) is 9.97 Å². The molecule has 3 rings (SSSR count). The van der Waals surface area contributed by atoms with Crippen molar-refractivity contribution in [1.29, 1.82) is 0 Å². The Morgan fingerprint density at radius 3 is 2.73 bits per heavy atom. The fourth-order valence-electron chi connectivity index (χ4n) is 2.18. The van der Waals surface area contributed by atoms with E-state index in [2.05, 4.69) is 15.3 Å². The van der Waals surface area contributed by atoms with Crippen molar-refractivity contribution in [3.8, 4) is 5.75 Å². The van der Waals surface area contributed by atoms with E-state index in [0.29, 0.717) is 17.3 Å². The molecule has 1 atom stereocenters. The Hall–Kier alpha value is -2.33. The molecule has 3 aromatic rings. The zero-order valence-corrected chi connectivity index (χ0v) is 12.9. The molecular weight excluding hydrogens is 298 g/mol. The number of rotatable bonds is 5. The number of hydrogen-bond acceptors (Lipinski definition) is 4. The van der Waals surface area contributed by atoms with Gasteiger partial charge in [-0.1, -0.05) is 35.9 Å². The summed E-state index contributed by atoms with van der Waals surface area (Å²) in [6.07, 6.45) is 1.51. The standard InChI is InChI=1S/C17H16ClN3O/c1-12(22-16-9-5-3-7-14(16)18)10-19-17-13-6-2-4-8-15(13)20-11-21-17/h2-9,11-12H,10H2,1H3,(H,19,20,21). The number of ether oxygens (including phenoxy) is 1. The largest absolute Gasteiger partial charge is 0.487 e. The summed E-state index contributed by atoms with van der Waals surface area (Å²) in [6, 6.07) is 15.4. The number of nitrogens with zero attached hydrogens (tertiary/aromatic N) is 2. The van der Waals surface area contributed by atoms with E-state index in [1.165, 1.54) is 0 Å². The van der Waals surface area contributed by atoms with Crippen molar-refractivity contribution < 1.29 is 4.74 Å². The highest BCUT2D eigenvalue weighted by Gasteiger charge is 2.08. The average Bonchev–Trinajstić information content (AvgIpc) is 2.55. The Bertz CT molecular complexity index is 773. The number of nitrogens with one attached hydrogen (secondary N) is 1. The molecule has 5 heteroatoms. The fraction of sp³-hybridized carbons (Fsp3) is 0.176. The summed E-state index contributed by atoms with van der Waals surface area (Å²) in [6.45, 7) is 2.60. The maximum atomic E-state index is 6.10. The molecule has 0 bridgehead atoms. The van der Waals surface area contributed by atoms with Crippen LogP contribution in [0.4, 0.5) is 5.82 Å². The first kappa shape index (κ1) is 14.6. The van der Waals surface area contributed by atoms with Gasteiger partial charge in [0.15, 0.2) is 0 Å². The van der Waals surface area contributed by atoms with Crippen molar-refractivity contribution in [2.75, 3.05) is 11.9 Å². The molecule has 22 heavy (non-hydrogen) atoms. The Morgan fingerprint density at radius 2 is 1.86 bits per heavy atom. The molecule has 1 unspecified atom stereocenters. The number of anilines is 1. The molecule has 0 amide bonds. The molecule has 0 spiro atoms. The Morgan fingerprint density at radius 1 is 1.09 bits per heavy atom. The van der Waals surface area contributed by atoms with Gasteiger partial charge in [-0.3, -0.25) is 0 Å². The van der Waals surface area contributed by atoms with Crippen LogP contribution in [0, 0.1) is 0 Å². The number of fused-ring (bicyclic) bond motifs is 1. The normalized spacial score (nSPS) is 12.1. The Labute approximate surface area is 134 Å². The Kier molecular flexibility index (Phi) is 4.39. The van der Waals surface area contributed by atoms with Crippen LogP contribution >= 0.6 is 11.6 Å². The van der Waals surface area contributed by atoms with Gasteiger partial charge in [0.05, 0.1) is 17.1 Å². The molecular formula is C17H16ClN3O. The first-order valence-electron chi connectivity index (χ1n) is 7.09. The molecule has 2 aromatic carbocycles. The highest BCUT2D eigenvalue weighted by Crippen LogP contribution is 2.24. The molecule has 112 valence electrons. The molecule has 1 heterocycles. The molecule has 0 aliphatic rings. The van der Waals surface area contributed by atoms with Crippen molar-refractivity contribution in [2.45, 2.75) is 13.0 Å². The fourth-order valence-corrected chi connectivity index (χ4v) is 2.37. The zero-order chi connectivity index (χ0) is 15.4. The lowest BCUT2D eigenvalue weighted by atomic mass is 10.2. The van der Waals surface area contributed by atoms with E-state index in [-0.39, 0.29) is 6.10 Å². The van der Waals surface area contributed by atoms with Gasteiger partial charge in [-0.15, -0.1) is 0 Å². The average molecular weight is 314 g/mol. The van der Waals surface area contributed by atoms with Crippen LogP contribution in [0.15, 0.2) is 54.9 Å². The highest BCUT2D eigenvalue weighted by molar-refractivity contribution is 6.32. The molecule has 1 aromatic heterocycles. The molecule has 1 N–H and O–H groups in total. The van der Waals surface area contributed by atoms with Crippen molar-refractivity contribution in [3.63, 3.8) is 0 Å². The summed E-state index contributed by atoms with van der Waals surface area (Å²) in [5, 5.41) is 4.92. The molecule has 0 saturated carbocycles. The molecule has 0 fully saturated rings. The summed E-state index contributed by atoms with van der Waals surface area (Å²) in [5.41, 5.74) is 0.916. The third-order valence-corrected chi connectivity index (χ3v) is 3.58. The van der Waals surface area contributed by atoms with E-state index in [9.17, 15) is 0 Å². The number of hydrogen-bond donors (Lipinski definition) is 1. The minimum Gasteiger partial charge on any atom is -0.487 e. The van der Waals surface area contributed by atoms with Crippen molar-refractivity contribution >= 4 is 28.3 Å². The number of halogens is 1. The maximum Gasteiger partial charge on any atom is 0.138 e. The lowest BCUT2D eigenvalue weighted by Crippen LogP contribution is -2.23. The Balaban J connectivity index is 1.68. The molecule has 0 aliphatic heterocycles. The van der Waals surface area contributed by atoms with Gasteiger partial charge in [-0.25, -0.2) is 9.97 Å². The third-order valence-electron chi connectivity index (χ3n) is 3.26. The molecule has 0 saturated heterocycles. The summed E-state index contributed by atoms with van der Waals surface area (Å²) in [7, 11) is 0. The van der Waals surface area contributed by atoms with Crippen LogP contribution < -0.4 is 10.1 Å². The van der Waals surface area contributed by atoms with E-state index < -0.39 is 0 Å². The highest BCUT2D eigenvalue weighted by atomic mass is 35.5. The zero-order valence-electron chi connectivity index (χ0n) is 12.2. The second-order valence-electron chi connectivity index (χ2n) is 4.98. The first-order valence-corrected chi connectivity index (χ1v) is 7.46. The van der Waals surface area contributed by atoms with E-state index in [1.807, 2.05) is 55.5 Å². The molecule has 0 radical (unpaired) electrons. The summed E-state index contributed by atoms with van der Waals surface area (Å²) in [5.74, 6) is 1.49. The van der Waals surface area contributed by atoms with Crippen LogP contribution in [0.3, 0.4) is 0 Å². The molecule has 0 aliphatic carbocycles. The lowest BCUT2D eigenvalue weighted by Gasteiger charge is -2.17. The number of para-hydroxylation sites is 2. The maximum absolute atomic E-state index is 6.10. The quantitative estimate of drug-likeness (QED) is 0.768. The predicted octanol–water partition coefficient (Wildman–Crippen LogP) is 4.16. The third kappa shape index (κ3) is 3.28. The SMILES string of the molecule is CC(CNc1ncnc2ccccc12)Oc1ccccc1Cl. The van der Waals surface area contributed by atoms with Crippen LogP contribution in [0.1, 0.15) is 6.92 Å². The van der Waals surface area contributed by atoms with Gasteiger partial charge in [0, 0.05) is 5.39 Å². The summed E-state index contributed by atoms with van der Waals surface area (Å²) < 4.78 is 5.84. The van der Waals surface area contributed by atoms with Gasteiger partial charge in [0.25, 0.3) is 0 Å². The van der Waals surface area contributed by atoms with Crippen LogP contribution in [-0.2, 0) is 0 Å². The topological polar surface area (TPSA) is 47.0 Å². The summed E-state index contributed by atoms with van der Waals surface area (Å²) in [4.78, 5) is 8.55. The van der Waals surface area contributed by atoms with E-state index in [1.54, 1.807) is 6.33 Å². The van der Waals surface area contributed by atoms with Gasteiger partial charge < -0.3 is 10.1 Å². The predicted molar refractivity (Wildman–Crippen MR) is 89.6 cm³/mol. The van der Waals surface area contributed by atoms with Crippen molar-refractivity contribution in [3.05, 3.63) is 59.9 Å². The number of benzene rings is 2. The number of aromatic nitrogens is 2.